The second-order valence-corrected chi connectivity index (χ2v) is 15.7. The van der Waals surface area contributed by atoms with E-state index in [-0.39, 0.29) is 0 Å². The quantitative estimate of drug-likeness (QED) is 0.190. The molecule has 30 heavy (non-hydrogen) atoms. The lowest BCUT2D eigenvalue weighted by atomic mass is 10.6. The van der Waals surface area contributed by atoms with Crippen molar-refractivity contribution in [3.8, 4) is 0 Å². The van der Waals surface area contributed by atoms with Crippen LogP contribution in [0.1, 0.15) is 27.2 Å². The second-order valence-electron chi connectivity index (χ2n) is 5.97. The van der Waals surface area contributed by atoms with E-state index in [1.807, 2.05) is 67.8 Å². The van der Waals surface area contributed by atoms with Crippen molar-refractivity contribution in [1.82, 2.24) is 0 Å². The first-order chi connectivity index (χ1) is 14.6. The van der Waals surface area contributed by atoms with Gasteiger partial charge in [0, 0.05) is 25.9 Å². The van der Waals surface area contributed by atoms with Crippen LogP contribution in [-0.2, 0) is 22.8 Å². The van der Waals surface area contributed by atoms with Gasteiger partial charge in [-0.05, 0) is 62.7 Å². The van der Waals surface area contributed by atoms with Gasteiger partial charge in [-0.25, -0.2) is 0 Å². The average Bonchev–Trinajstić information content (AvgIpc) is 3.35. The Balaban J connectivity index is 1.53. The fourth-order valence-corrected chi connectivity index (χ4v) is 13.7. The number of hydrogen-bond acceptors (Lipinski definition) is 11. The van der Waals surface area contributed by atoms with Crippen LogP contribution in [0.5, 0.6) is 0 Å². The van der Waals surface area contributed by atoms with Crippen molar-refractivity contribution in [2.75, 3.05) is 45.0 Å². The van der Waals surface area contributed by atoms with Crippen LogP contribution in [0.15, 0.2) is 27.1 Å². The van der Waals surface area contributed by atoms with Gasteiger partial charge in [-0.1, -0.05) is 23.5 Å². The molecule has 170 valence electrons. The molecule has 0 unspecified atom stereocenters. The predicted molar refractivity (Wildman–Crippen MR) is 139 cm³/mol. The van der Waals surface area contributed by atoms with E-state index < -0.39 is 8.80 Å². The molecule has 5 nitrogen and oxygen atoms in total. The van der Waals surface area contributed by atoms with E-state index >= 15 is 0 Å². The van der Waals surface area contributed by atoms with E-state index in [2.05, 4.69) is 6.26 Å². The van der Waals surface area contributed by atoms with E-state index in [0.717, 1.165) is 28.4 Å². The van der Waals surface area contributed by atoms with Gasteiger partial charge in [0.25, 0.3) is 0 Å². The van der Waals surface area contributed by atoms with Gasteiger partial charge in [0.2, 0.25) is 10.2 Å². The molecule has 3 heterocycles. The molecule has 0 fully saturated rings. The molecular weight excluding hydrogens is 517 g/mol. The van der Waals surface area contributed by atoms with E-state index in [4.69, 9.17) is 22.8 Å². The van der Waals surface area contributed by atoms with Gasteiger partial charge in [-0.3, -0.25) is 0 Å². The molecule has 0 amide bonds. The minimum Gasteiger partial charge on any atom is -0.480 e. The molecule has 3 aliphatic heterocycles. The molecule has 0 atom stereocenters. The van der Waals surface area contributed by atoms with Crippen LogP contribution in [0.3, 0.4) is 0 Å². The second kappa shape index (κ2) is 13.0. The number of thioether (sulfide) groups is 6. The molecule has 0 aliphatic carbocycles. The van der Waals surface area contributed by atoms with Crippen LogP contribution in [0.2, 0.25) is 6.04 Å². The lowest BCUT2D eigenvalue weighted by Gasteiger charge is -2.28. The van der Waals surface area contributed by atoms with Gasteiger partial charge in [0.05, 0.1) is 16.9 Å². The van der Waals surface area contributed by atoms with Gasteiger partial charge in [0.1, 0.15) is 13.2 Å². The molecular formula is C18H28O5S6Si. The van der Waals surface area contributed by atoms with Crippen molar-refractivity contribution in [2.45, 2.75) is 33.2 Å². The molecule has 12 heteroatoms. The summed E-state index contributed by atoms with van der Waals surface area (Å²) in [5.41, 5.74) is 0. The van der Waals surface area contributed by atoms with Gasteiger partial charge in [0.15, 0.2) is 0 Å². The first kappa shape index (κ1) is 25.6. The van der Waals surface area contributed by atoms with Crippen molar-refractivity contribution in [3.05, 3.63) is 27.1 Å². The molecule has 0 saturated heterocycles. The maximum atomic E-state index is 5.97. The van der Waals surface area contributed by atoms with Crippen molar-refractivity contribution >= 4 is 79.4 Å². The Morgan fingerprint density at radius 2 is 1.37 bits per heavy atom. The zero-order valence-electron chi connectivity index (χ0n) is 17.6. The highest BCUT2D eigenvalue weighted by Crippen LogP contribution is 2.63. The summed E-state index contributed by atoms with van der Waals surface area (Å²) in [5.74, 6) is 1.03. The molecule has 0 bridgehead atoms. The maximum Gasteiger partial charge on any atom is 0.500 e. The van der Waals surface area contributed by atoms with Crippen LogP contribution in [0, 0.1) is 0 Å². The summed E-state index contributed by atoms with van der Waals surface area (Å²) in [6.45, 7) is 9.19. The Morgan fingerprint density at radius 1 is 0.833 bits per heavy atom. The van der Waals surface area contributed by atoms with E-state index in [9.17, 15) is 0 Å². The van der Waals surface area contributed by atoms with E-state index in [1.165, 1.54) is 16.9 Å². The Labute approximate surface area is 206 Å². The van der Waals surface area contributed by atoms with Crippen LogP contribution in [0.25, 0.3) is 0 Å². The molecule has 0 radical (unpaired) electrons. The Kier molecular flexibility index (Phi) is 11.1. The summed E-state index contributed by atoms with van der Waals surface area (Å²) in [4.78, 5) is 0. The molecule has 0 aromatic heterocycles. The van der Waals surface area contributed by atoms with Gasteiger partial charge >= 0.3 is 8.80 Å². The summed E-state index contributed by atoms with van der Waals surface area (Å²) in [6, 6.07) is 0.861. The van der Waals surface area contributed by atoms with Crippen molar-refractivity contribution in [1.29, 1.82) is 0 Å². The number of rotatable bonds is 12. The zero-order chi connectivity index (χ0) is 21.4. The Hall–Kier alpha value is 1.02. The number of hydrogen-bond donors (Lipinski definition) is 0. The first-order valence-electron chi connectivity index (χ1n) is 9.93. The van der Waals surface area contributed by atoms with Crippen LogP contribution < -0.4 is 0 Å². The fraction of sp³-hybridized carbons (Fsp3) is 0.667. The molecule has 3 aliphatic rings. The van der Waals surface area contributed by atoms with Gasteiger partial charge in [-0.2, -0.15) is 0 Å². The lowest BCUT2D eigenvalue weighted by molar-refractivity contribution is 0.0712. The van der Waals surface area contributed by atoms with Gasteiger partial charge in [-0.15, -0.1) is 23.5 Å². The fourth-order valence-electron chi connectivity index (χ4n) is 2.83. The van der Waals surface area contributed by atoms with Crippen molar-refractivity contribution in [3.63, 3.8) is 0 Å². The molecule has 3 rings (SSSR count). The predicted octanol–water partition coefficient (Wildman–Crippen LogP) is 6.91. The molecule has 0 N–H and O–H groups in total. The third-order valence-electron chi connectivity index (χ3n) is 3.93. The average molecular weight is 545 g/mol. The smallest absolute Gasteiger partial charge is 0.480 e. The maximum absolute atomic E-state index is 5.97. The van der Waals surface area contributed by atoms with Crippen LogP contribution in [-0.4, -0.2) is 53.8 Å². The third kappa shape index (κ3) is 6.77. The highest BCUT2D eigenvalue weighted by atomic mass is 32.3. The normalized spacial score (nSPS) is 19.5. The summed E-state index contributed by atoms with van der Waals surface area (Å²) >= 11 is 10.9. The topological polar surface area (TPSA) is 46.2 Å². The largest absolute Gasteiger partial charge is 0.500 e. The minimum absolute atomic E-state index is 0.630. The van der Waals surface area contributed by atoms with Crippen LogP contribution >= 0.6 is 70.6 Å². The first-order valence-corrected chi connectivity index (χ1v) is 17.3. The van der Waals surface area contributed by atoms with Crippen molar-refractivity contribution in [2.24, 2.45) is 0 Å². The zero-order valence-corrected chi connectivity index (χ0v) is 23.5. The van der Waals surface area contributed by atoms with Crippen molar-refractivity contribution < 1.29 is 22.8 Å². The Bertz CT molecular complexity index is 662. The third-order valence-corrected chi connectivity index (χ3v) is 15.4. The molecule has 0 spiro atoms. The Morgan fingerprint density at radius 3 is 1.90 bits per heavy atom. The highest BCUT2D eigenvalue weighted by Gasteiger charge is 2.40. The lowest BCUT2D eigenvalue weighted by Crippen LogP contribution is -2.46. The summed E-state index contributed by atoms with van der Waals surface area (Å²) in [5, 5.41) is 1.84. The monoisotopic (exact) mass is 544 g/mol. The standard InChI is InChI=1S/C18H28O5S6Si/c1-5-21-30(22-6-2,23-7-3)12-8-11-25-16-15(24-4)28-18(29-16)17-26-13-14(27-17)20-10-9-19-13/h5-12H2,1-4H3. The highest BCUT2D eigenvalue weighted by molar-refractivity contribution is 8.42. The number of ether oxygens (including phenoxy) is 2. The molecule has 0 aromatic carbocycles. The minimum atomic E-state index is -2.55. The van der Waals surface area contributed by atoms with E-state index in [0.29, 0.717) is 33.0 Å². The van der Waals surface area contributed by atoms with E-state index in [1.54, 1.807) is 23.5 Å². The van der Waals surface area contributed by atoms with Gasteiger partial charge < -0.3 is 22.8 Å². The van der Waals surface area contributed by atoms with Crippen LogP contribution in [0.4, 0.5) is 0 Å². The molecule has 0 saturated carbocycles. The molecule has 0 aromatic rings. The SMILES string of the molecule is CCO[Si](CCCSC1=C(SC)SC(=C2SC3=C(OCCO3)S2)S1)(OCC)OCC. The summed E-state index contributed by atoms with van der Waals surface area (Å²) in [6.07, 6.45) is 3.17. The summed E-state index contributed by atoms with van der Waals surface area (Å²) < 4.78 is 34.8. The summed E-state index contributed by atoms with van der Waals surface area (Å²) in [7, 11) is -2.55.